The van der Waals surface area contributed by atoms with E-state index in [1.165, 1.54) is 11.3 Å². The third kappa shape index (κ3) is 3.68. The van der Waals surface area contributed by atoms with Crippen molar-refractivity contribution in [3.8, 4) is 5.75 Å². The fraction of sp³-hybridized carbons (Fsp3) is 0.421. The van der Waals surface area contributed by atoms with E-state index in [2.05, 4.69) is 10.3 Å². The first kappa shape index (κ1) is 17.9. The molecule has 2 aliphatic rings. The van der Waals surface area contributed by atoms with Crippen LogP contribution >= 0.6 is 11.3 Å². The topological polar surface area (TPSA) is 80.8 Å². The number of nitrogens with one attached hydrogen (secondary N) is 1. The lowest BCUT2D eigenvalue weighted by atomic mass is 10.1. The van der Waals surface area contributed by atoms with E-state index in [-0.39, 0.29) is 17.9 Å². The van der Waals surface area contributed by atoms with Gasteiger partial charge in [0.05, 0.1) is 24.9 Å². The molecule has 1 N–H and O–H groups in total. The van der Waals surface area contributed by atoms with E-state index in [1.54, 1.807) is 24.1 Å². The van der Waals surface area contributed by atoms with Crippen LogP contribution in [0.25, 0.3) is 0 Å². The molecule has 2 amide bonds. The molecule has 8 heteroatoms. The van der Waals surface area contributed by atoms with Gasteiger partial charge in [-0.15, -0.1) is 0 Å². The monoisotopic (exact) mass is 387 g/mol. The smallest absolute Gasteiger partial charge is 0.257 e. The molecular weight excluding hydrogens is 366 g/mol. The van der Waals surface area contributed by atoms with Crippen LogP contribution in [-0.4, -0.2) is 48.1 Å². The number of rotatable bonds is 4. The zero-order chi connectivity index (χ0) is 18.8. The van der Waals surface area contributed by atoms with Gasteiger partial charge in [-0.1, -0.05) is 23.5 Å². The van der Waals surface area contributed by atoms with Crippen LogP contribution in [0.2, 0.25) is 0 Å². The number of methoxy groups -OCH3 is 1. The number of ether oxygens (including phenoxy) is 2. The van der Waals surface area contributed by atoms with E-state index < -0.39 is 0 Å². The molecule has 0 bridgehead atoms. The van der Waals surface area contributed by atoms with Crippen molar-refractivity contribution in [1.29, 1.82) is 0 Å². The number of carbonyl (C=O) groups excluding carboxylic acids is 2. The second-order valence-corrected chi connectivity index (χ2v) is 7.64. The summed E-state index contributed by atoms with van der Waals surface area (Å²) in [5.74, 6) is 0.374. The zero-order valence-corrected chi connectivity index (χ0v) is 15.9. The highest BCUT2D eigenvalue weighted by atomic mass is 32.1. The molecule has 7 nitrogen and oxygen atoms in total. The molecule has 0 spiro atoms. The fourth-order valence-corrected chi connectivity index (χ4v) is 4.41. The van der Waals surface area contributed by atoms with Gasteiger partial charge in [0.1, 0.15) is 11.9 Å². The van der Waals surface area contributed by atoms with Crippen molar-refractivity contribution in [3.63, 3.8) is 0 Å². The number of carbonyl (C=O) groups is 2. The molecule has 1 aromatic heterocycles. The second kappa shape index (κ2) is 7.66. The van der Waals surface area contributed by atoms with Gasteiger partial charge in [-0.05, 0) is 25.0 Å². The summed E-state index contributed by atoms with van der Waals surface area (Å²) in [6, 6.07) is 7.23. The molecule has 1 aromatic carbocycles. The van der Waals surface area contributed by atoms with Gasteiger partial charge in [-0.2, -0.15) is 0 Å². The first-order chi connectivity index (χ1) is 13.2. The summed E-state index contributed by atoms with van der Waals surface area (Å²) in [5, 5.41) is 3.43. The number of hydrogen-bond acceptors (Lipinski definition) is 6. The number of para-hydroxylation sites is 1. The molecule has 0 aliphatic carbocycles. The largest absolute Gasteiger partial charge is 0.496 e. The Morgan fingerprint density at radius 1 is 1.37 bits per heavy atom. The third-order valence-electron chi connectivity index (χ3n) is 4.81. The number of amides is 2. The second-order valence-electron chi connectivity index (χ2n) is 6.56. The first-order valence-electron chi connectivity index (χ1n) is 8.99. The number of anilines is 1. The minimum absolute atomic E-state index is 0.0589. The summed E-state index contributed by atoms with van der Waals surface area (Å²) in [5.41, 5.74) is 1.51. The number of fused-ring (bicyclic) bond motifs is 1. The summed E-state index contributed by atoms with van der Waals surface area (Å²) in [7, 11) is 1.56. The average molecular weight is 387 g/mol. The Morgan fingerprint density at radius 2 is 2.22 bits per heavy atom. The molecule has 142 valence electrons. The van der Waals surface area contributed by atoms with E-state index >= 15 is 0 Å². The molecule has 1 atom stereocenters. The maximum atomic E-state index is 12.9. The summed E-state index contributed by atoms with van der Waals surface area (Å²) in [6.45, 7) is 1.71. The first-order valence-corrected chi connectivity index (χ1v) is 9.80. The van der Waals surface area contributed by atoms with Crippen molar-refractivity contribution in [1.82, 2.24) is 9.88 Å². The van der Waals surface area contributed by atoms with E-state index in [0.717, 1.165) is 23.4 Å². The molecule has 3 heterocycles. The predicted molar refractivity (Wildman–Crippen MR) is 101 cm³/mol. The van der Waals surface area contributed by atoms with Gasteiger partial charge < -0.3 is 14.4 Å². The van der Waals surface area contributed by atoms with E-state index in [1.807, 2.05) is 12.1 Å². The van der Waals surface area contributed by atoms with Crippen molar-refractivity contribution in [2.24, 2.45) is 0 Å². The molecule has 1 fully saturated rings. The van der Waals surface area contributed by atoms with Gasteiger partial charge in [-0.3, -0.25) is 14.9 Å². The SMILES string of the molecule is COc1ccccc1C(=O)N1CCc2nc(NC(=O)C3CCCO3)sc2C1. The Kier molecular flexibility index (Phi) is 5.09. The van der Waals surface area contributed by atoms with Crippen LogP contribution in [0, 0.1) is 0 Å². The minimum Gasteiger partial charge on any atom is -0.496 e. The lowest BCUT2D eigenvalue weighted by molar-refractivity contribution is -0.124. The summed E-state index contributed by atoms with van der Waals surface area (Å²) in [6.07, 6.45) is 1.95. The predicted octanol–water partition coefficient (Wildman–Crippen LogP) is 2.47. The lowest BCUT2D eigenvalue weighted by Crippen LogP contribution is -2.35. The minimum atomic E-state index is -0.380. The lowest BCUT2D eigenvalue weighted by Gasteiger charge is -2.26. The molecule has 0 radical (unpaired) electrons. The quantitative estimate of drug-likeness (QED) is 0.872. The zero-order valence-electron chi connectivity index (χ0n) is 15.1. The van der Waals surface area contributed by atoms with Crippen LogP contribution < -0.4 is 10.1 Å². The van der Waals surface area contributed by atoms with Crippen LogP contribution in [-0.2, 0) is 22.5 Å². The van der Waals surface area contributed by atoms with Crippen LogP contribution in [0.5, 0.6) is 5.75 Å². The highest BCUT2D eigenvalue weighted by Gasteiger charge is 2.28. The normalized spacial score (nSPS) is 18.9. The van der Waals surface area contributed by atoms with Gasteiger partial charge in [0.25, 0.3) is 11.8 Å². The molecule has 2 aliphatic heterocycles. The standard InChI is InChI=1S/C19H21N3O4S/c1-25-14-6-3-2-5-12(14)18(24)22-9-8-13-16(11-22)27-19(20-13)21-17(23)15-7-4-10-26-15/h2-3,5-6,15H,4,7-11H2,1H3,(H,20,21,23). The number of aromatic nitrogens is 1. The van der Waals surface area contributed by atoms with Gasteiger partial charge in [0.2, 0.25) is 0 Å². The van der Waals surface area contributed by atoms with Crippen molar-refractivity contribution < 1.29 is 19.1 Å². The molecule has 2 aromatic rings. The number of benzene rings is 1. The molecule has 4 rings (SSSR count). The Hall–Kier alpha value is -2.45. The number of thiazole rings is 1. The van der Waals surface area contributed by atoms with E-state index in [9.17, 15) is 9.59 Å². The van der Waals surface area contributed by atoms with Crippen LogP contribution in [0.15, 0.2) is 24.3 Å². The van der Waals surface area contributed by atoms with E-state index in [4.69, 9.17) is 9.47 Å². The molecule has 0 saturated carbocycles. The summed E-state index contributed by atoms with van der Waals surface area (Å²) >= 11 is 1.42. The van der Waals surface area contributed by atoms with Crippen LogP contribution in [0.4, 0.5) is 5.13 Å². The molecule has 1 saturated heterocycles. The molecular formula is C19H21N3O4S. The van der Waals surface area contributed by atoms with Gasteiger partial charge in [0, 0.05) is 24.4 Å². The van der Waals surface area contributed by atoms with Crippen molar-refractivity contribution in [2.75, 3.05) is 25.6 Å². The van der Waals surface area contributed by atoms with Gasteiger partial charge >= 0.3 is 0 Å². The molecule has 27 heavy (non-hydrogen) atoms. The molecule has 1 unspecified atom stereocenters. The summed E-state index contributed by atoms with van der Waals surface area (Å²) < 4.78 is 10.7. The van der Waals surface area contributed by atoms with Gasteiger partial charge in [0.15, 0.2) is 5.13 Å². The van der Waals surface area contributed by atoms with Crippen LogP contribution in [0.1, 0.15) is 33.8 Å². The van der Waals surface area contributed by atoms with Crippen LogP contribution in [0.3, 0.4) is 0 Å². The fourth-order valence-electron chi connectivity index (χ4n) is 3.38. The number of nitrogens with zero attached hydrogens (tertiary/aromatic N) is 2. The van der Waals surface area contributed by atoms with Crippen molar-refractivity contribution in [3.05, 3.63) is 40.4 Å². The maximum absolute atomic E-state index is 12.9. The summed E-state index contributed by atoms with van der Waals surface area (Å²) in [4.78, 5) is 32.4. The van der Waals surface area contributed by atoms with E-state index in [0.29, 0.717) is 42.6 Å². The van der Waals surface area contributed by atoms with Crippen molar-refractivity contribution in [2.45, 2.75) is 31.9 Å². The average Bonchev–Trinajstić information content (AvgIpc) is 3.36. The highest BCUT2D eigenvalue weighted by molar-refractivity contribution is 7.15. The highest BCUT2D eigenvalue weighted by Crippen LogP contribution is 2.30. The Labute approximate surface area is 161 Å². The Bertz CT molecular complexity index is 860. The number of hydrogen-bond donors (Lipinski definition) is 1. The van der Waals surface area contributed by atoms with Gasteiger partial charge in [-0.25, -0.2) is 4.98 Å². The Morgan fingerprint density at radius 3 is 3.00 bits per heavy atom. The Balaban J connectivity index is 1.46. The maximum Gasteiger partial charge on any atom is 0.257 e. The third-order valence-corrected chi connectivity index (χ3v) is 5.81. The van der Waals surface area contributed by atoms with Crippen molar-refractivity contribution >= 4 is 28.3 Å².